The predicted octanol–water partition coefficient (Wildman–Crippen LogP) is 0.467. The maximum Gasteiger partial charge on any atom is 0.224 e. The number of hydrogen-bond donors (Lipinski definition) is 1. The average Bonchev–Trinajstić information content (AvgIpc) is 2.85. The van der Waals surface area contributed by atoms with E-state index < -0.39 is 0 Å². The van der Waals surface area contributed by atoms with Crippen LogP contribution < -0.4 is 5.32 Å². The van der Waals surface area contributed by atoms with Gasteiger partial charge in [-0.1, -0.05) is 0 Å². The lowest BCUT2D eigenvalue weighted by molar-refractivity contribution is 0.111. The SMILES string of the molecule is CNc1nnc(C=O)n1C1CC1. The Morgan fingerprint density at radius 1 is 1.58 bits per heavy atom. The van der Waals surface area contributed by atoms with Crippen LogP contribution in [0.15, 0.2) is 0 Å². The Labute approximate surface area is 69.8 Å². The topological polar surface area (TPSA) is 59.8 Å². The summed E-state index contributed by atoms with van der Waals surface area (Å²) in [5.74, 6) is 1.10. The monoisotopic (exact) mass is 166 g/mol. The molecule has 0 aliphatic heterocycles. The number of aldehydes is 1. The molecular weight excluding hydrogens is 156 g/mol. The van der Waals surface area contributed by atoms with Gasteiger partial charge in [0.2, 0.25) is 5.95 Å². The van der Waals surface area contributed by atoms with Crippen LogP contribution in [0.4, 0.5) is 5.95 Å². The van der Waals surface area contributed by atoms with Gasteiger partial charge in [-0.15, -0.1) is 10.2 Å². The number of aromatic nitrogens is 3. The van der Waals surface area contributed by atoms with Crippen molar-refractivity contribution in [1.29, 1.82) is 0 Å². The smallest absolute Gasteiger partial charge is 0.224 e. The first kappa shape index (κ1) is 7.27. The van der Waals surface area contributed by atoms with E-state index in [2.05, 4.69) is 15.5 Å². The van der Waals surface area contributed by atoms with Crippen molar-refractivity contribution >= 4 is 12.2 Å². The molecule has 5 heteroatoms. The summed E-state index contributed by atoms with van der Waals surface area (Å²) in [5.41, 5.74) is 0. The normalized spacial score (nSPS) is 16.1. The van der Waals surface area contributed by atoms with Gasteiger partial charge in [0.05, 0.1) is 0 Å². The van der Waals surface area contributed by atoms with Crippen molar-refractivity contribution in [2.75, 3.05) is 12.4 Å². The highest BCUT2D eigenvalue weighted by atomic mass is 16.1. The third-order valence-electron chi connectivity index (χ3n) is 1.96. The Morgan fingerprint density at radius 2 is 2.33 bits per heavy atom. The van der Waals surface area contributed by atoms with Crippen molar-refractivity contribution in [2.24, 2.45) is 0 Å². The Kier molecular flexibility index (Phi) is 1.56. The summed E-state index contributed by atoms with van der Waals surface area (Å²) < 4.78 is 1.85. The van der Waals surface area contributed by atoms with Gasteiger partial charge in [-0.25, -0.2) is 0 Å². The Hall–Kier alpha value is -1.39. The van der Waals surface area contributed by atoms with Gasteiger partial charge in [-0.3, -0.25) is 9.36 Å². The van der Waals surface area contributed by atoms with Gasteiger partial charge >= 0.3 is 0 Å². The van der Waals surface area contributed by atoms with Crippen LogP contribution >= 0.6 is 0 Å². The first-order chi connectivity index (χ1) is 5.86. The molecular formula is C7H10N4O. The van der Waals surface area contributed by atoms with Gasteiger partial charge in [0.25, 0.3) is 0 Å². The molecule has 0 aromatic carbocycles. The van der Waals surface area contributed by atoms with Crippen LogP contribution in [0.3, 0.4) is 0 Å². The molecule has 0 atom stereocenters. The van der Waals surface area contributed by atoms with E-state index in [9.17, 15) is 4.79 Å². The molecule has 64 valence electrons. The molecule has 2 rings (SSSR count). The fourth-order valence-electron chi connectivity index (χ4n) is 1.25. The van der Waals surface area contributed by atoms with E-state index in [1.54, 1.807) is 7.05 Å². The first-order valence-electron chi connectivity index (χ1n) is 3.94. The maximum atomic E-state index is 10.5. The Balaban J connectivity index is 2.42. The predicted molar refractivity (Wildman–Crippen MR) is 43.2 cm³/mol. The molecule has 0 bridgehead atoms. The maximum absolute atomic E-state index is 10.5. The fourth-order valence-corrected chi connectivity index (χ4v) is 1.25. The lowest BCUT2D eigenvalue weighted by atomic mass is 10.6. The molecule has 1 N–H and O–H groups in total. The van der Waals surface area contributed by atoms with Gasteiger partial charge in [0.1, 0.15) is 0 Å². The molecule has 12 heavy (non-hydrogen) atoms. The highest BCUT2D eigenvalue weighted by Gasteiger charge is 2.28. The molecule has 1 saturated carbocycles. The van der Waals surface area contributed by atoms with Crippen LogP contribution in [-0.4, -0.2) is 28.1 Å². The molecule has 1 fully saturated rings. The van der Waals surface area contributed by atoms with Crippen LogP contribution in [-0.2, 0) is 0 Å². The van der Waals surface area contributed by atoms with E-state index in [4.69, 9.17) is 0 Å². The van der Waals surface area contributed by atoms with Crippen molar-refractivity contribution in [3.8, 4) is 0 Å². The number of carbonyl (C=O) groups is 1. The van der Waals surface area contributed by atoms with Crippen LogP contribution in [0.1, 0.15) is 29.5 Å². The molecule has 0 radical (unpaired) electrons. The molecule has 1 aliphatic carbocycles. The highest BCUT2D eigenvalue weighted by Crippen LogP contribution is 2.37. The van der Waals surface area contributed by atoms with Crippen molar-refractivity contribution in [3.63, 3.8) is 0 Å². The number of rotatable bonds is 3. The van der Waals surface area contributed by atoms with Crippen molar-refractivity contribution < 1.29 is 4.79 Å². The van der Waals surface area contributed by atoms with Crippen LogP contribution in [0.5, 0.6) is 0 Å². The second kappa shape index (κ2) is 2.58. The molecule has 1 aromatic heterocycles. The summed E-state index contributed by atoms with van der Waals surface area (Å²) in [6.45, 7) is 0. The molecule has 0 spiro atoms. The van der Waals surface area contributed by atoms with Gasteiger partial charge in [-0.05, 0) is 12.8 Å². The number of anilines is 1. The summed E-state index contributed by atoms with van der Waals surface area (Å²) in [5, 5.41) is 10.5. The van der Waals surface area contributed by atoms with Crippen molar-refractivity contribution in [2.45, 2.75) is 18.9 Å². The molecule has 1 aliphatic rings. The first-order valence-corrected chi connectivity index (χ1v) is 3.94. The molecule has 5 nitrogen and oxygen atoms in total. The summed E-state index contributed by atoms with van der Waals surface area (Å²) in [6, 6.07) is 0.433. The number of hydrogen-bond acceptors (Lipinski definition) is 4. The van der Waals surface area contributed by atoms with E-state index in [0.717, 1.165) is 19.1 Å². The van der Waals surface area contributed by atoms with E-state index >= 15 is 0 Å². The molecule has 0 amide bonds. The molecule has 0 unspecified atom stereocenters. The van der Waals surface area contributed by atoms with E-state index in [0.29, 0.717) is 17.8 Å². The third kappa shape index (κ3) is 0.975. The number of nitrogens with zero attached hydrogens (tertiary/aromatic N) is 3. The van der Waals surface area contributed by atoms with Gasteiger partial charge in [-0.2, -0.15) is 0 Å². The minimum absolute atomic E-state index is 0.418. The van der Waals surface area contributed by atoms with E-state index in [-0.39, 0.29) is 0 Å². The quantitative estimate of drug-likeness (QED) is 0.663. The zero-order valence-electron chi connectivity index (χ0n) is 6.82. The molecule has 1 heterocycles. The van der Waals surface area contributed by atoms with E-state index in [1.807, 2.05) is 4.57 Å². The minimum Gasteiger partial charge on any atom is -0.357 e. The summed E-state index contributed by atoms with van der Waals surface area (Å²) >= 11 is 0. The van der Waals surface area contributed by atoms with Gasteiger partial charge < -0.3 is 5.32 Å². The second-order valence-electron chi connectivity index (χ2n) is 2.85. The zero-order valence-corrected chi connectivity index (χ0v) is 6.82. The Morgan fingerprint density at radius 3 is 2.83 bits per heavy atom. The second-order valence-corrected chi connectivity index (χ2v) is 2.85. The lowest BCUT2D eigenvalue weighted by Gasteiger charge is -2.03. The third-order valence-corrected chi connectivity index (χ3v) is 1.96. The number of nitrogens with one attached hydrogen (secondary N) is 1. The summed E-state index contributed by atoms with van der Waals surface area (Å²) in [6.07, 6.45) is 2.98. The lowest BCUT2D eigenvalue weighted by Crippen LogP contribution is -2.04. The van der Waals surface area contributed by atoms with E-state index in [1.165, 1.54) is 0 Å². The average molecular weight is 166 g/mol. The van der Waals surface area contributed by atoms with Crippen molar-refractivity contribution in [3.05, 3.63) is 5.82 Å². The van der Waals surface area contributed by atoms with Crippen molar-refractivity contribution in [1.82, 2.24) is 14.8 Å². The fraction of sp³-hybridized carbons (Fsp3) is 0.571. The highest BCUT2D eigenvalue weighted by molar-refractivity contribution is 5.70. The van der Waals surface area contributed by atoms with Crippen LogP contribution in [0.25, 0.3) is 0 Å². The summed E-state index contributed by atoms with van der Waals surface area (Å²) in [4.78, 5) is 10.5. The number of carbonyl (C=O) groups excluding carboxylic acids is 1. The zero-order chi connectivity index (χ0) is 8.55. The van der Waals surface area contributed by atoms with Crippen LogP contribution in [0.2, 0.25) is 0 Å². The summed E-state index contributed by atoms with van der Waals surface area (Å²) in [7, 11) is 1.78. The molecule has 0 saturated heterocycles. The largest absolute Gasteiger partial charge is 0.357 e. The van der Waals surface area contributed by atoms with Gasteiger partial charge in [0.15, 0.2) is 12.1 Å². The Bertz CT molecular complexity index is 302. The van der Waals surface area contributed by atoms with Crippen LogP contribution in [0, 0.1) is 0 Å². The standard InChI is InChI=1S/C7H10N4O/c1-8-7-10-9-6(4-12)11(7)5-2-3-5/h4-5H,2-3H2,1H3,(H,8,10). The molecule has 1 aromatic rings. The minimum atomic E-state index is 0.418. The van der Waals surface area contributed by atoms with Gasteiger partial charge in [0, 0.05) is 13.1 Å².